The second kappa shape index (κ2) is 7.38. The Balaban J connectivity index is 1.22. The van der Waals surface area contributed by atoms with Gasteiger partial charge in [-0.2, -0.15) is 0 Å². The number of amides is 1. The SMILES string of the molecule is O=C(C1CC1)N1CCC(Cc2ccc(-c3cnc4ccccc4c3)cc2)CC1. The van der Waals surface area contributed by atoms with Gasteiger partial charge in [0, 0.05) is 36.2 Å². The molecule has 1 saturated heterocycles. The number of pyridine rings is 1. The average Bonchev–Trinajstić information content (AvgIpc) is 3.59. The van der Waals surface area contributed by atoms with Crippen LogP contribution in [0.3, 0.4) is 0 Å². The molecule has 1 amide bonds. The van der Waals surface area contributed by atoms with Crippen molar-refractivity contribution in [3.8, 4) is 11.1 Å². The van der Waals surface area contributed by atoms with Crippen molar-refractivity contribution in [3.63, 3.8) is 0 Å². The highest BCUT2D eigenvalue weighted by atomic mass is 16.2. The number of piperidine rings is 1. The van der Waals surface area contributed by atoms with Gasteiger partial charge < -0.3 is 4.90 Å². The van der Waals surface area contributed by atoms with Gasteiger partial charge >= 0.3 is 0 Å². The first-order chi connectivity index (χ1) is 13.8. The quantitative estimate of drug-likeness (QED) is 0.641. The fourth-order valence-corrected chi connectivity index (χ4v) is 4.34. The van der Waals surface area contributed by atoms with Crippen LogP contribution in [0.5, 0.6) is 0 Å². The van der Waals surface area contributed by atoms with Crippen LogP contribution in [0, 0.1) is 11.8 Å². The van der Waals surface area contributed by atoms with Crippen molar-refractivity contribution in [1.82, 2.24) is 9.88 Å². The van der Waals surface area contributed by atoms with Crippen molar-refractivity contribution in [2.24, 2.45) is 11.8 Å². The Bertz CT molecular complexity index is 983. The molecule has 5 rings (SSSR count). The molecule has 0 spiro atoms. The van der Waals surface area contributed by atoms with E-state index in [9.17, 15) is 4.79 Å². The highest BCUT2D eigenvalue weighted by Gasteiger charge is 2.34. The number of likely N-dealkylation sites (tertiary alicyclic amines) is 1. The lowest BCUT2D eigenvalue weighted by atomic mass is 9.89. The van der Waals surface area contributed by atoms with Crippen LogP contribution in [0.2, 0.25) is 0 Å². The van der Waals surface area contributed by atoms with Gasteiger partial charge in [-0.15, -0.1) is 0 Å². The summed E-state index contributed by atoms with van der Waals surface area (Å²) < 4.78 is 0. The molecule has 3 aromatic rings. The van der Waals surface area contributed by atoms with Crippen LogP contribution in [0.15, 0.2) is 60.8 Å². The summed E-state index contributed by atoms with van der Waals surface area (Å²) in [7, 11) is 0. The summed E-state index contributed by atoms with van der Waals surface area (Å²) in [4.78, 5) is 18.9. The summed E-state index contributed by atoms with van der Waals surface area (Å²) in [6, 6.07) is 19.4. The third-order valence-corrected chi connectivity index (χ3v) is 6.25. The lowest BCUT2D eigenvalue weighted by Crippen LogP contribution is -2.39. The van der Waals surface area contributed by atoms with Crippen molar-refractivity contribution in [3.05, 3.63) is 66.4 Å². The van der Waals surface area contributed by atoms with E-state index in [1.807, 2.05) is 18.3 Å². The largest absolute Gasteiger partial charge is 0.342 e. The molecule has 0 bridgehead atoms. The Labute approximate surface area is 166 Å². The van der Waals surface area contributed by atoms with Crippen LogP contribution >= 0.6 is 0 Å². The summed E-state index contributed by atoms with van der Waals surface area (Å²) in [6.45, 7) is 1.89. The van der Waals surface area contributed by atoms with Gasteiger partial charge in [0.1, 0.15) is 0 Å². The zero-order valence-electron chi connectivity index (χ0n) is 16.2. The molecule has 1 aromatic heterocycles. The number of fused-ring (bicyclic) bond motifs is 1. The molecular weight excluding hydrogens is 344 g/mol. The molecule has 28 heavy (non-hydrogen) atoms. The molecule has 2 fully saturated rings. The first kappa shape index (κ1) is 17.4. The smallest absolute Gasteiger partial charge is 0.225 e. The third kappa shape index (κ3) is 3.66. The molecule has 0 N–H and O–H groups in total. The predicted octanol–water partition coefficient (Wildman–Crippen LogP) is 5.09. The van der Waals surface area contributed by atoms with Crippen molar-refractivity contribution in [2.75, 3.05) is 13.1 Å². The maximum atomic E-state index is 12.2. The van der Waals surface area contributed by atoms with Crippen molar-refractivity contribution >= 4 is 16.8 Å². The number of carbonyl (C=O) groups is 1. The summed E-state index contributed by atoms with van der Waals surface area (Å²) >= 11 is 0. The molecule has 2 heterocycles. The van der Waals surface area contributed by atoms with Crippen LogP contribution in [-0.2, 0) is 11.2 Å². The lowest BCUT2D eigenvalue weighted by molar-refractivity contribution is -0.133. The number of rotatable bonds is 4. The van der Waals surface area contributed by atoms with Gasteiger partial charge in [-0.3, -0.25) is 9.78 Å². The van der Waals surface area contributed by atoms with Crippen LogP contribution in [0.4, 0.5) is 0 Å². The van der Waals surface area contributed by atoms with E-state index < -0.39 is 0 Å². The van der Waals surface area contributed by atoms with Crippen molar-refractivity contribution < 1.29 is 4.79 Å². The number of aromatic nitrogens is 1. The molecule has 2 aromatic carbocycles. The predicted molar refractivity (Wildman–Crippen MR) is 113 cm³/mol. The van der Waals surface area contributed by atoms with E-state index in [1.54, 1.807) is 0 Å². The summed E-state index contributed by atoms with van der Waals surface area (Å²) in [5, 5.41) is 1.18. The highest BCUT2D eigenvalue weighted by molar-refractivity contribution is 5.83. The molecule has 0 unspecified atom stereocenters. The van der Waals surface area contributed by atoms with Gasteiger partial charge in [0.2, 0.25) is 5.91 Å². The maximum absolute atomic E-state index is 12.2. The molecule has 3 nitrogen and oxygen atoms in total. The Hall–Kier alpha value is -2.68. The van der Waals surface area contributed by atoms with E-state index in [4.69, 9.17) is 0 Å². The van der Waals surface area contributed by atoms with E-state index in [1.165, 1.54) is 16.5 Å². The number of para-hydroxylation sites is 1. The Morgan fingerprint density at radius 2 is 1.68 bits per heavy atom. The van der Waals surface area contributed by atoms with E-state index in [2.05, 4.69) is 52.3 Å². The van der Waals surface area contributed by atoms with Crippen LogP contribution in [0.1, 0.15) is 31.2 Å². The number of nitrogens with zero attached hydrogens (tertiary/aromatic N) is 2. The standard InChI is InChI=1S/C25H26N2O/c28-25(21-9-10-21)27-13-11-19(12-14-27)15-18-5-7-20(8-6-18)23-16-22-3-1-2-4-24(22)26-17-23/h1-8,16-17,19,21H,9-15H2. The maximum Gasteiger partial charge on any atom is 0.225 e. The topological polar surface area (TPSA) is 33.2 Å². The zero-order valence-corrected chi connectivity index (χ0v) is 16.2. The minimum absolute atomic E-state index is 0.355. The first-order valence-electron chi connectivity index (χ1n) is 10.5. The van der Waals surface area contributed by atoms with Crippen molar-refractivity contribution in [1.29, 1.82) is 0 Å². The second-order valence-electron chi connectivity index (χ2n) is 8.36. The first-order valence-corrected chi connectivity index (χ1v) is 10.5. The van der Waals surface area contributed by atoms with E-state index in [0.29, 0.717) is 17.7 Å². The normalized spacial score (nSPS) is 17.8. The van der Waals surface area contributed by atoms with Crippen LogP contribution in [-0.4, -0.2) is 28.9 Å². The Morgan fingerprint density at radius 3 is 2.43 bits per heavy atom. The Morgan fingerprint density at radius 1 is 0.929 bits per heavy atom. The number of carbonyl (C=O) groups excluding carboxylic acids is 1. The van der Waals surface area contributed by atoms with E-state index >= 15 is 0 Å². The fourth-order valence-electron chi connectivity index (χ4n) is 4.34. The van der Waals surface area contributed by atoms with Crippen LogP contribution in [0.25, 0.3) is 22.0 Å². The third-order valence-electron chi connectivity index (χ3n) is 6.25. The minimum Gasteiger partial charge on any atom is -0.342 e. The van der Waals surface area contributed by atoms with E-state index in [-0.39, 0.29) is 0 Å². The van der Waals surface area contributed by atoms with Gasteiger partial charge in [-0.05, 0) is 61.3 Å². The van der Waals surface area contributed by atoms with Gasteiger partial charge in [0.05, 0.1) is 5.52 Å². The lowest BCUT2D eigenvalue weighted by Gasteiger charge is -2.32. The molecule has 1 aliphatic heterocycles. The summed E-state index contributed by atoms with van der Waals surface area (Å²) in [5.41, 5.74) is 4.81. The van der Waals surface area contributed by atoms with Gasteiger partial charge in [-0.1, -0.05) is 42.5 Å². The molecule has 1 aliphatic carbocycles. The molecule has 142 valence electrons. The van der Waals surface area contributed by atoms with Crippen molar-refractivity contribution in [2.45, 2.75) is 32.1 Å². The molecule has 0 atom stereocenters. The summed E-state index contributed by atoms with van der Waals surface area (Å²) in [6.07, 6.45) is 7.56. The number of hydrogen-bond acceptors (Lipinski definition) is 2. The monoisotopic (exact) mass is 370 g/mol. The average molecular weight is 370 g/mol. The molecular formula is C25H26N2O. The van der Waals surface area contributed by atoms with Crippen LogP contribution < -0.4 is 0 Å². The molecule has 1 saturated carbocycles. The molecule has 2 aliphatic rings. The van der Waals surface area contributed by atoms with Gasteiger partial charge in [0.25, 0.3) is 0 Å². The molecule has 0 radical (unpaired) electrons. The summed E-state index contributed by atoms with van der Waals surface area (Å²) in [5.74, 6) is 1.46. The number of benzene rings is 2. The molecule has 3 heteroatoms. The Kier molecular flexibility index (Phi) is 4.59. The van der Waals surface area contributed by atoms with Gasteiger partial charge in [0.15, 0.2) is 0 Å². The zero-order chi connectivity index (χ0) is 18.9. The number of hydrogen-bond donors (Lipinski definition) is 0. The van der Waals surface area contributed by atoms with E-state index in [0.717, 1.165) is 56.3 Å². The van der Waals surface area contributed by atoms with Gasteiger partial charge in [-0.25, -0.2) is 0 Å². The highest BCUT2D eigenvalue weighted by Crippen LogP contribution is 2.33. The second-order valence-corrected chi connectivity index (χ2v) is 8.36. The fraction of sp³-hybridized carbons (Fsp3) is 0.360. The minimum atomic E-state index is 0.355.